The molecular weight excluding hydrogens is 292 g/mol. The third kappa shape index (κ3) is 1.68. The lowest BCUT2D eigenvalue weighted by Gasteiger charge is -2.26. The molecule has 0 spiro atoms. The predicted octanol–water partition coefficient (Wildman–Crippen LogP) is 3.42. The summed E-state index contributed by atoms with van der Waals surface area (Å²) in [5, 5.41) is 5.16. The molecule has 4 rings (SSSR count). The first-order valence-electron chi connectivity index (χ1n) is 7.17. The quantitative estimate of drug-likeness (QED) is 0.604. The zero-order chi connectivity index (χ0) is 14.4. The lowest BCUT2D eigenvalue weighted by Crippen LogP contribution is -2.62. The number of fused-ring (bicyclic) bond motifs is 3. The SMILES string of the molecule is C[Si]1(c2ccccc2)c2ccccc2-c2cccc(Cl)c21. The molecule has 0 fully saturated rings. The van der Waals surface area contributed by atoms with E-state index in [0.717, 1.165) is 5.02 Å². The first-order chi connectivity index (χ1) is 10.2. The van der Waals surface area contributed by atoms with Crippen LogP contribution in [0, 0.1) is 0 Å². The molecule has 102 valence electrons. The first kappa shape index (κ1) is 12.9. The molecule has 0 saturated heterocycles. The second-order valence-corrected chi connectivity index (χ2v) is 9.97. The molecule has 0 bridgehead atoms. The van der Waals surface area contributed by atoms with Gasteiger partial charge in [0.15, 0.2) is 0 Å². The van der Waals surface area contributed by atoms with E-state index in [1.165, 1.54) is 26.7 Å². The Balaban J connectivity index is 2.13. The average molecular weight is 307 g/mol. The fourth-order valence-corrected chi connectivity index (χ4v) is 8.59. The van der Waals surface area contributed by atoms with Crippen LogP contribution in [0.5, 0.6) is 0 Å². The van der Waals surface area contributed by atoms with Gasteiger partial charge in [0.2, 0.25) is 0 Å². The lowest BCUT2D eigenvalue weighted by atomic mass is 10.1. The van der Waals surface area contributed by atoms with E-state index in [0.29, 0.717) is 0 Å². The van der Waals surface area contributed by atoms with Gasteiger partial charge < -0.3 is 0 Å². The van der Waals surface area contributed by atoms with Gasteiger partial charge in [0.05, 0.1) is 0 Å². The van der Waals surface area contributed by atoms with Gasteiger partial charge in [-0.2, -0.15) is 0 Å². The monoisotopic (exact) mass is 306 g/mol. The molecule has 0 N–H and O–H groups in total. The third-order valence-electron chi connectivity index (χ3n) is 4.62. The highest BCUT2D eigenvalue weighted by molar-refractivity contribution is 7.14. The van der Waals surface area contributed by atoms with Crippen LogP contribution >= 0.6 is 11.6 Å². The maximum absolute atomic E-state index is 6.63. The van der Waals surface area contributed by atoms with Crippen LogP contribution < -0.4 is 15.6 Å². The van der Waals surface area contributed by atoms with Crippen molar-refractivity contribution >= 4 is 35.2 Å². The van der Waals surface area contributed by atoms with Crippen molar-refractivity contribution in [1.29, 1.82) is 0 Å². The van der Waals surface area contributed by atoms with Crippen LogP contribution in [-0.4, -0.2) is 8.07 Å². The molecule has 1 heterocycles. The van der Waals surface area contributed by atoms with Gasteiger partial charge in [-0.05, 0) is 32.8 Å². The van der Waals surface area contributed by atoms with E-state index in [4.69, 9.17) is 11.6 Å². The summed E-state index contributed by atoms with van der Waals surface area (Å²) in [6, 6.07) is 25.9. The number of halogens is 1. The van der Waals surface area contributed by atoms with Gasteiger partial charge in [-0.1, -0.05) is 84.9 Å². The molecule has 1 unspecified atom stereocenters. The molecule has 0 nitrogen and oxygen atoms in total. The minimum absolute atomic E-state index is 0.904. The first-order valence-corrected chi connectivity index (χ1v) is 10.0. The zero-order valence-electron chi connectivity index (χ0n) is 11.8. The van der Waals surface area contributed by atoms with Crippen LogP contribution in [0.3, 0.4) is 0 Å². The Kier molecular flexibility index (Phi) is 2.81. The van der Waals surface area contributed by atoms with Gasteiger partial charge in [0.1, 0.15) is 8.07 Å². The van der Waals surface area contributed by atoms with Crippen molar-refractivity contribution in [1.82, 2.24) is 0 Å². The van der Waals surface area contributed by atoms with Crippen LogP contribution in [0.4, 0.5) is 0 Å². The zero-order valence-corrected chi connectivity index (χ0v) is 13.6. The summed E-state index contributed by atoms with van der Waals surface area (Å²) in [4.78, 5) is 0. The smallest absolute Gasteiger partial charge is 0.0844 e. The van der Waals surface area contributed by atoms with E-state index in [-0.39, 0.29) is 0 Å². The largest absolute Gasteiger partial charge is 0.148 e. The summed E-state index contributed by atoms with van der Waals surface area (Å²) in [5.74, 6) is 0. The number of hydrogen-bond acceptors (Lipinski definition) is 0. The number of rotatable bonds is 1. The summed E-state index contributed by atoms with van der Waals surface area (Å²) in [6.07, 6.45) is 0. The van der Waals surface area contributed by atoms with Crippen LogP contribution in [0.2, 0.25) is 11.6 Å². The fourth-order valence-electron chi connectivity index (χ4n) is 3.62. The van der Waals surface area contributed by atoms with Crippen molar-refractivity contribution < 1.29 is 0 Å². The second kappa shape index (κ2) is 4.59. The van der Waals surface area contributed by atoms with E-state index in [9.17, 15) is 0 Å². The molecule has 0 saturated carbocycles. The van der Waals surface area contributed by atoms with Gasteiger partial charge in [-0.25, -0.2) is 0 Å². The van der Waals surface area contributed by atoms with E-state index in [1.54, 1.807) is 0 Å². The Morgan fingerprint density at radius 1 is 0.714 bits per heavy atom. The van der Waals surface area contributed by atoms with E-state index < -0.39 is 8.07 Å². The van der Waals surface area contributed by atoms with Crippen molar-refractivity contribution in [2.24, 2.45) is 0 Å². The van der Waals surface area contributed by atoms with Gasteiger partial charge in [0.25, 0.3) is 0 Å². The fraction of sp³-hybridized carbons (Fsp3) is 0.0526. The van der Waals surface area contributed by atoms with Gasteiger partial charge in [0, 0.05) is 5.02 Å². The number of hydrogen-bond donors (Lipinski definition) is 0. The summed E-state index contributed by atoms with van der Waals surface area (Å²) in [6.45, 7) is 2.42. The van der Waals surface area contributed by atoms with E-state index in [1.807, 2.05) is 6.07 Å². The molecule has 0 aromatic heterocycles. The number of benzene rings is 3. The predicted molar refractivity (Wildman–Crippen MR) is 93.9 cm³/mol. The molecule has 3 aromatic carbocycles. The van der Waals surface area contributed by atoms with Crippen LogP contribution in [0.15, 0.2) is 72.8 Å². The summed E-state index contributed by atoms with van der Waals surface area (Å²) in [7, 11) is -1.98. The summed E-state index contributed by atoms with van der Waals surface area (Å²) < 4.78 is 0. The van der Waals surface area contributed by atoms with Crippen LogP contribution in [0.25, 0.3) is 11.1 Å². The van der Waals surface area contributed by atoms with Gasteiger partial charge in [-0.15, -0.1) is 0 Å². The Labute approximate surface area is 131 Å². The normalized spacial score (nSPS) is 19.1. The molecule has 1 aliphatic heterocycles. The van der Waals surface area contributed by atoms with Crippen LogP contribution in [-0.2, 0) is 0 Å². The highest BCUT2D eigenvalue weighted by Gasteiger charge is 2.44. The molecule has 1 aliphatic rings. The molecule has 3 aromatic rings. The third-order valence-corrected chi connectivity index (χ3v) is 9.63. The van der Waals surface area contributed by atoms with Crippen molar-refractivity contribution in [2.75, 3.05) is 0 Å². The average Bonchev–Trinajstić information content (AvgIpc) is 2.81. The maximum Gasteiger partial charge on any atom is 0.148 e. The molecule has 0 amide bonds. The van der Waals surface area contributed by atoms with Crippen molar-refractivity contribution in [2.45, 2.75) is 6.55 Å². The molecule has 21 heavy (non-hydrogen) atoms. The minimum atomic E-state index is -1.98. The molecule has 1 atom stereocenters. The van der Waals surface area contributed by atoms with E-state index >= 15 is 0 Å². The van der Waals surface area contributed by atoms with E-state index in [2.05, 4.69) is 73.3 Å². The van der Waals surface area contributed by atoms with Gasteiger partial charge >= 0.3 is 0 Å². The highest BCUT2D eigenvalue weighted by atomic mass is 35.5. The van der Waals surface area contributed by atoms with Gasteiger partial charge in [-0.3, -0.25) is 0 Å². The molecule has 0 radical (unpaired) electrons. The topological polar surface area (TPSA) is 0 Å². The molecule has 0 aliphatic carbocycles. The van der Waals surface area contributed by atoms with Crippen LogP contribution in [0.1, 0.15) is 0 Å². The standard InChI is InChI=1S/C19H15ClSi/c1-21(14-8-3-2-4-9-14)18-13-6-5-10-15(18)16-11-7-12-17(20)19(16)21/h2-13H,1H3. The van der Waals surface area contributed by atoms with Crippen molar-refractivity contribution in [3.05, 3.63) is 77.8 Å². The minimum Gasteiger partial charge on any atom is -0.0844 e. The Hall–Kier alpha value is -1.83. The summed E-state index contributed by atoms with van der Waals surface area (Å²) in [5.41, 5.74) is 2.67. The highest BCUT2D eigenvalue weighted by Crippen LogP contribution is 2.30. The second-order valence-electron chi connectivity index (χ2n) is 5.70. The Morgan fingerprint density at radius 3 is 2.19 bits per heavy atom. The Bertz CT molecular complexity index is 826. The Morgan fingerprint density at radius 2 is 1.38 bits per heavy atom. The van der Waals surface area contributed by atoms with Crippen molar-refractivity contribution in [3.8, 4) is 11.1 Å². The lowest BCUT2D eigenvalue weighted by molar-refractivity contribution is 1.71. The maximum atomic E-state index is 6.63. The molecule has 2 heteroatoms. The van der Waals surface area contributed by atoms with Crippen molar-refractivity contribution in [3.63, 3.8) is 0 Å². The molecular formula is C19H15ClSi. The summed E-state index contributed by atoms with van der Waals surface area (Å²) >= 11 is 6.63.